The van der Waals surface area contributed by atoms with Crippen LogP contribution in [0, 0.1) is 5.92 Å². The molecule has 0 saturated heterocycles. The fourth-order valence-corrected chi connectivity index (χ4v) is 4.09. The van der Waals surface area contributed by atoms with Gasteiger partial charge in [-0.1, -0.05) is 13.8 Å². The van der Waals surface area contributed by atoms with Gasteiger partial charge in [-0.15, -0.1) is 0 Å². The highest BCUT2D eigenvalue weighted by atomic mass is 31.2. The van der Waals surface area contributed by atoms with Gasteiger partial charge in [-0.05, 0) is 40.0 Å². The second-order valence-corrected chi connectivity index (χ2v) is 7.15. The van der Waals surface area contributed by atoms with Gasteiger partial charge in [-0.25, -0.2) is 0 Å². The Morgan fingerprint density at radius 2 is 1.53 bits per heavy atom. The van der Waals surface area contributed by atoms with Crippen LogP contribution in [0.1, 0.15) is 48.0 Å². The van der Waals surface area contributed by atoms with Crippen molar-refractivity contribution in [2.24, 2.45) is 5.92 Å². The monoisotopic (exact) mass is 296 g/mol. The normalized spacial score (nSPS) is 17.5. The molecule has 0 spiro atoms. The van der Waals surface area contributed by atoms with Crippen molar-refractivity contribution >= 4 is 7.60 Å². The van der Waals surface area contributed by atoms with E-state index in [0.29, 0.717) is 19.6 Å². The van der Waals surface area contributed by atoms with Gasteiger partial charge in [0.15, 0.2) is 5.85 Å². The molecule has 0 unspecified atom stereocenters. The lowest BCUT2D eigenvalue weighted by molar-refractivity contribution is -0.0218. The van der Waals surface area contributed by atoms with E-state index in [1.165, 1.54) is 0 Å². The molecule has 6 heteroatoms. The maximum absolute atomic E-state index is 12.7. The molecule has 0 rings (SSSR count). The zero-order valence-corrected chi connectivity index (χ0v) is 13.9. The zero-order chi connectivity index (χ0) is 15.1. The summed E-state index contributed by atoms with van der Waals surface area (Å²) >= 11 is 0. The van der Waals surface area contributed by atoms with Crippen LogP contribution >= 0.6 is 7.60 Å². The van der Waals surface area contributed by atoms with Gasteiger partial charge in [-0.3, -0.25) is 4.57 Å². The van der Waals surface area contributed by atoms with Crippen LogP contribution in [0.3, 0.4) is 0 Å². The summed E-state index contributed by atoms with van der Waals surface area (Å²) in [6.45, 7) is 11.6. The lowest BCUT2D eigenvalue weighted by atomic mass is 10.2. The molecule has 0 aliphatic carbocycles. The lowest BCUT2D eigenvalue weighted by Crippen LogP contribution is -2.28. The molecule has 116 valence electrons. The lowest BCUT2D eigenvalue weighted by Gasteiger charge is -2.31. The number of hydrogen-bond donors (Lipinski definition) is 1. The predicted octanol–water partition coefficient (Wildman–Crippen LogP) is 3.41. The third-order valence-electron chi connectivity index (χ3n) is 2.54. The van der Waals surface area contributed by atoms with Gasteiger partial charge in [-0.2, -0.15) is 0 Å². The van der Waals surface area contributed by atoms with E-state index < -0.39 is 19.5 Å². The van der Waals surface area contributed by atoms with Crippen molar-refractivity contribution < 1.29 is 23.5 Å². The zero-order valence-electron chi connectivity index (χ0n) is 13.0. The molecule has 0 amide bonds. The van der Waals surface area contributed by atoms with Crippen molar-refractivity contribution in [1.82, 2.24) is 0 Å². The molecule has 3 atom stereocenters. The average Bonchev–Trinajstić information content (AvgIpc) is 2.25. The van der Waals surface area contributed by atoms with Gasteiger partial charge in [0.1, 0.15) is 0 Å². The molecular formula is C13H29O5P. The Kier molecular flexibility index (Phi) is 9.12. The molecule has 19 heavy (non-hydrogen) atoms. The van der Waals surface area contributed by atoms with Crippen LogP contribution in [0.5, 0.6) is 0 Å². The van der Waals surface area contributed by atoms with Crippen molar-refractivity contribution in [3.05, 3.63) is 0 Å². The van der Waals surface area contributed by atoms with Crippen molar-refractivity contribution in [1.29, 1.82) is 0 Å². The fourth-order valence-electron chi connectivity index (χ4n) is 1.91. The summed E-state index contributed by atoms with van der Waals surface area (Å²) in [6.07, 6.45) is -0.176. The predicted molar refractivity (Wildman–Crippen MR) is 76.3 cm³/mol. The highest BCUT2D eigenvalue weighted by Gasteiger charge is 2.39. The number of rotatable bonds is 10. The number of aliphatic hydroxyl groups excluding tert-OH is 1. The highest BCUT2D eigenvalue weighted by molar-refractivity contribution is 7.54. The fraction of sp³-hybridized carbons (Fsp3) is 1.00. The van der Waals surface area contributed by atoms with Crippen LogP contribution in [-0.4, -0.2) is 36.4 Å². The summed E-state index contributed by atoms with van der Waals surface area (Å²) in [7, 11) is -3.29. The van der Waals surface area contributed by atoms with Crippen LogP contribution in [0.2, 0.25) is 0 Å². The molecule has 0 saturated carbocycles. The van der Waals surface area contributed by atoms with E-state index in [4.69, 9.17) is 13.8 Å². The largest absolute Gasteiger partial charge is 0.393 e. The highest BCUT2D eigenvalue weighted by Crippen LogP contribution is 2.56. The molecule has 0 radical (unpaired) electrons. The second-order valence-electron chi connectivity index (χ2n) is 5.04. The Balaban J connectivity index is 4.90. The second kappa shape index (κ2) is 9.09. The molecule has 0 aromatic carbocycles. The first-order valence-corrected chi connectivity index (χ1v) is 8.60. The minimum atomic E-state index is -3.29. The van der Waals surface area contributed by atoms with Crippen LogP contribution in [-0.2, 0) is 18.3 Å². The maximum Gasteiger partial charge on any atom is 0.359 e. The molecule has 0 aromatic heterocycles. The van der Waals surface area contributed by atoms with Crippen molar-refractivity contribution in [3.63, 3.8) is 0 Å². The summed E-state index contributed by atoms with van der Waals surface area (Å²) < 4.78 is 29.3. The van der Waals surface area contributed by atoms with Crippen LogP contribution in [0.4, 0.5) is 0 Å². The summed E-state index contributed by atoms with van der Waals surface area (Å²) in [4.78, 5) is 0. The van der Waals surface area contributed by atoms with Crippen LogP contribution < -0.4 is 0 Å². The molecule has 0 aliphatic rings. The number of aliphatic hydroxyl groups is 1. The molecule has 0 bridgehead atoms. The first-order valence-electron chi connectivity index (χ1n) is 6.99. The summed E-state index contributed by atoms with van der Waals surface area (Å²) in [6, 6.07) is 0. The Hall–Kier alpha value is 0.0700. The standard InChI is InChI=1S/C13H29O5P/c1-7-16-19(15,17-8-2)13(10(3)4)18-12(6)9-11(5)14/h10-14H,7-9H2,1-6H3/t11-,12-,13-/m0/s1. The quantitative estimate of drug-likeness (QED) is 0.626. The SMILES string of the molecule is CCOP(=O)(OCC)[C@H](O[C@@H](C)C[C@H](C)O)C(C)C. The number of ether oxygens (including phenoxy) is 1. The summed E-state index contributed by atoms with van der Waals surface area (Å²) in [5, 5.41) is 9.37. The summed E-state index contributed by atoms with van der Waals surface area (Å²) in [5.74, 6) is -0.610. The Morgan fingerprint density at radius 1 is 1.05 bits per heavy atom. The molecule has 0 fully saturated rings. The Labute approximate surface area is 117 Å². The van der Waals surface area contributed by atoms with Crippen molar-refractivity contribution in [2.75, 3.05) is 13.2 Å². The van der Waals surface area contributed by atoms with E-state index in [2.05, 4.69) is 0 Å². The minimum Gasteiger partial charge on any atom is -0.393 e. The van der Waals surface area contributed by atoms with Crippen LogP contribution in [0.15, 0.2) is 0 Å². The molecule has 5 nitrogen and oxygen atoms in total. The van der Waals surface area contributed by atoms with Crippen LogP contribution in [0.25, 0.3) is 0 Å². The average molecular weight is 296 g/mol. The van der Waals surface area contributed by atoms with Gasteiger partial charge in [0.25, 0.3) is 0 Å². The topological polar surface area (TPSA) is 65.0 Å². The van der Waals surface area contributed by atoms with E-state index in [0.717, 1.165) is 0 Å². The van der Waals surface area contributed by atoms with E-state index in [-0.39, 0.29) is 12.0 Å². The van der Waals surface area contributed by atoms with E-state index in [1.54, 1.807) is 20.8 Å². The van der Waals surface area contributed by atoms with Gasteiger partial charge in [0.05, 0.1) is 25.4 Å². The van der Waals surface area contributed by atoms with Gasteiger partial charge in [0, 0.05) is 0 Å². The Bertz CT molecular complexity index is 270. The first kappa shape index (κ1) is 19.1. The maximum atomic E-state index is 12.7. The Morgan fingerprint density at radius 3 is 1.84 bits per heavy atom. The molecule has 0 aliphatic heterocycles. The smallest absolute Gasteiger partial charge is 0.359 e. The van der Waals surface area contributed by atoms with E-state index in [1.807, 2.05) is 20.8 Å². The van der Waals surface area contributed by atoms with E-state index >= 15 is 0 Å². The van der Waals surface area contributed by atoms with Gasteiger partial charge >= 0.3 is 7.60 Å². The summed E-state index contributed by atoms with van der Waals surface area (Å²) in [5.41, 5.74) is 0. The first-order chi connectivity index (χ1) is 8.76. The molecule has 0 aromatic rings. The van der Waals surface area contributed by atoms with E-state index in [9.17, 15) is 9.67 Å². The van der Waals surface area contributed by atoms with Gasteiger partial charge < -0.3 is 18.9 Å². The number of hydrogen-bond acceptors (Lipinski definition) is 5. The molecular weight excluding hydrogens is 267 g/mol. The van der Waals surface area contributed by atoms with Gasteiger partial charge in [0.2, 0.25) is 0 Å². The third kappa shape index (κ3) is 6.87. The van der Waals surface area contributed by atoms with Crippen molar-refractivity contribution in [3.8, 4) is 0 Å². The molecule has 1 N–H and O–H groups in total. The van der Waals surface area contributed by atoms with Crippen molar-refractivity contribution in [2.45, 2.75) is 66.0 Å². The minimum absolute atomic E-state index is 0.000354. The third-order valence-corrected chi connectivity index (χ3v) is 5.12. The molecule has 0 heterocycles.